The van der Waals surface area contributed by atoms with Crippen LogP contribution in [0.25, 0.3) is 0 Å². The molecule has 3 rings (SSSR count). The fourth-order valence-electron chi connectivity index (χ4n) is 4.89. The van der Waals surface area contributed by atoms with E-state index in [2.05, 4.69) is 10.6 Å². The molecule has 1 aliphatic heterocycles. The lowest BCUT2D eigenvalue weighted by Crippen LogP contribution is -2.46. The maximum absolute atomic E-state index is 13.5. The Labute approximate surface area is 254 Å². The van der Waals surface area contributed by atoms with E-state index >= 15 is 0 Å². The highest BCUT2D eigenvalue weighted by atomic mass is 16.6. The molecule has 43 heavy (non-hydrogen) atoms. The summed E-state index contributed by atoms with van der Waals surface area (Å²) in [6.45, 7) is 4.97. The Kier molecular flexibility index (Phi) is 12.9. The first-order chi connectivity index (χ1) is 20.5. The van der Waals surface area contributed by atoms with Crippen LogP contribution in [0.5, 0.6) is 0 Å². The van der Waals surface area contributed by atoms with Crippen molar-refractivity contribution in [1.29, 1.82) is 0 Å². The first-order valence-electron chi connectivity index (χ1n) is 14.8. The molecule has 1 heterocycles. The zero-order valence-corrected chi connectivity index (χ0v) is 25.3. The Morgan fingerprint density at radius 3 is 2.16 bits per heavy atom. The third-order valence-corrected chi connectivity index (χ3v) is 6.99. The number of nitrogens with one attached hydrogen (secondary N) is 2. The minimum absolute atomic E-state index is 0.0827. The number of aliphatic hydroxyl groups is 1. The summed E-state index contributed by atoms with van der Waals surface area (Å²) < 4.78 is 11.1. The quantitative estimate of drug-likeness (QED) is 0.283. The van der Waals surface area contributed by atoms with Crippen LogP contribution in [0.15, 0.2) is 72.8 Å². The van der Waals surface area contributed by atoms with Gasteiger partial charge in [0.15, 0.2) is 0 Å². The molecule has 0 bridgehead atoms. The molecule has 2 aromatic carbocycles. The molecule has 0 aliphatic carbocycles. The zero-order chi connectivity index (χ0) is 31.2. The van der Waals surface area contributed by atoms with Crippen molar-refractivity contribution in [1.82, 2.24) is 10.6 Å². The molecule has 9 heteroatoms. The first kappa shape index (κ1) is 33.5. The van der Waals surface area contributed by atoms with E-state index < -0.39 is 41.5 Å². The molecule has 1 aliphatic rings. The van der Waals surface area contributed by atoms with Crippen LogP contribution in [0.2, 0.25) is 0 Å². The molecule has 0 unspecified atom stereocenters. The predicted octanol–water partition coefficient (Wildman–Crippen LogP) is 3.68. The van der Waals surface area contributed by atoms with Gasteiger partial charge >= 0.3 is 11.9 Å². The molecule has 9 nitrogen and oxygen atoms in total. The van der Waals surface area contributed by atoms with Crippen LogP contribution in [0, 0.1) is 11.8 Å². The molecule has 0 radical (unpaired) electrons. The number of cyclic esters (lactones) is 1. The van der Waals surface area contributed by atoms with Gasteiger partial charge in [-0.25, -0.2) is 0 Å². The topological polar surface area (TPSA) is 131 Å². The van der Waals surface area contributed by atoms with Crippen molar-refractivity contribution in [3.63, 3.8) is 0 Å². The van der Waals surface area contributed by atoms with Crippen LogP contribution in [0.4, 0.5) is 0 Å². The Morgan fingerprint density at radius 2 is 1.56 bits per heavy atom. The monoisotopic (exact) mass is 592 g/mol. The standard InChI is InChI=1S/C34H44N2O7/c1-34(2,3)43-31(39)21-27-17-11-10-16-26(20-30(38)35-28(22-37)18-24-12-6-4-7-13-24)32(40)36-29(23-42-33(27)41)19-25-14-8-5-9-15-25/h4-15,26-29,37H,16-23H2,1-3H3,(H,35,38)(H,36,40)/b11-10-/t26-,27+,28+,29+/m1/s1. The number of esters is 2. The number of hydrogen-bond acceptors (Lipinski definition) is 7. The third kappa shape index (κ3) is 12.4. The molecular weight excluding hydrogens is 548 g/mol. The normalized spacial score (nSPS) is 21.3. The molecule has 2 amide bonds. The van der Waals surface area contributed by atoms with Crippen LogP contribution in [0.1, 0.15) is 57.6 Å². The minimum Gasteiger partial charge on any atom is -0.463 e. The molecule has 0 fully saturated rings. The Morgan fingerprint density at radius 1 is 0.953 bits per heavy atom. The van der Waals surface area contributed by atoms with Crippen LogP contribution < -0.4 is 10.6 Å². The number of benzene rings is 2. The number of carbonyl (C=O) groups is 4. The lowest BCUT2D eigenvalue weighted by Gasteiger charge is -2.25. The molecular formula is C34H44N2O7. The van der Waals surface area contributed by atoms with Crippen molar-refractivity contribution in [3.05, 3.63) is 83.9 Å². The molecule has 232 valence electrons. The second kappa shape index (κ2) is 16.6. The van der Waals surface area contributed by atoms with E-state index in [0.29, 0.717) is 12.8 Å². The lowest BCUT2D eigenvalue weighted by atomic mass is 9.95. The van der Waals surface area contributed by atoms with E-state index in [1.54, 1.807) is 32.9 Å². The summed E-state index contributed by atoms with van der Waals surface area (Å²) in [5, 5.41) is 15.7. The van der Waals surface area contributed by atoms with E-state index in [-0.39, 0.29) is 50.7 Å². The van der Waals surface area contributed by atoms with Gasteiger partial charge in [-0.1, -0.05) is 72.8 Å². The van der Waals surface area contributed by atoms with Gasteiger partial charge in [-0.3, -0.25) is 19.2 Å². The van der Waals surface area contributed by atoms with Crippen LogP contribution in [-0.2, 0) is 41.5 Å². The number of ether oxygens (including phenoxy) is 2. The number of amides is 2. The predicted molar refractivity (Wildman–Crippen MR) is 163 cm³/mol. The van der Waals surface area contributed by atoms with Gasteiger partial charge in [0.25, 0.3) is 0 Å². The molecule has 3 N–H and O–H groups in total. The maximum Gasteiger partial charge on any atom is 0.309 e. The summed E-state index contributed by atoms with van der Waals surface area (Å²) in [7, 11) is 0. The van der Waals surface area contributed by atoms with Crippen molar-refractivity contribution in [3.8, 4) is 0 Å². The van der Waals surface area contributed by atoms with Crippen LogP contribution in [-0.4, -0.2) is 59.8 Å². The number of rotatable bonds is 10. The van der Waals surface area contributed by atoms with Crippen LogP contribution >= 0.6 is 0 Å². The minimum atomic E-state index is -0.747. The molecule has 0 saturated carbocycles. The van der Waals surface area contributed by atoms with Crippen molar-refractivity contribution in [2.45, 2.75) is 77.0 Å². The van der Waals surface area contributed by atoms with E-state index in [0.717, 1.165) is 11.1 Å². The van der Waals surface area contributed by atoms with Gasteiger partial charge in [0.05, 0.1) is 36.9 Å². The highest BCUT2D eigenvalue weighted by Gasteiger charge is 2.29. The highest BCUT2D eigenvalue weighted by molar-refractivity contribution is 5.86. The van der Waals surface area contributed by atoms with Gasteiger partial charge in [-0.2, -0.15) is 0 Å². The van der Waals surface area contributed by atoms with Crippen LogP contribution in [0.3, 0.4) is 0 Å². The maximum atomic E-state index is 13.5. The average Bonchev–Trinajstić information content (AvgIpc) is 2.95. The van der Waals surface area contributed by atoms with Gasteiger partial charge in [0, 0.05) is 6.42 Å². The van der Waals surface area contributed by atoms with Crippen molar-refractivity contribution < 1.29 is 33.8 Å². The summed E-state index contributed by atoms with van der Waals surface area (Å²) in [4.78, 5) is 52.1. The summed E-state index contributed by atoms with van der Waals surface area (Å²) >= 11 is 0. The SMILES string of the molecule is CC(C)(C)OC(=O)C[C@@H]1C/C=C\C[C@H](CC(=O)N[C@H](CO)Cc2ccccc2)C(=O)N[C@@H](Cc2ccccc2)COC1=O. The summed E-state index contributed by atoms with van der Waals surface area (Å²) in [6, 6.07) is 18.0. The second-order valence-electron chi connectivity index (χ2n) is 12.0. The molecule has 4 atom stereocenters. The number of hydrogen-bond donors (Lipinski definition) is 3. The summed E-state index contributed by atoms with van der Waals surface area (Å²) in [5.74, 6) is -3.13. The smallest absolute Gasteiger partial charge is 0.309 e. The van der Waals surface area contributed by atoms with E-state index in [1.165, 1.54) is 0 Å². The number of allylic oxidation sites excluding steroid dienone is 2. The van der Waals surface area contributed by atoms with Crippen molar-refractivity contribution in [2.24, 2.45) is 11.8 Å². The summed E-state index contributed by atoms with van der Waals surface area (Å²) in [6.07, 6.45) is 4.64. The largest absolute Gasteiger partial charge is 0.463 e. The lowest BCUT2D eigenvalue weighted by molar-refractivity contribution is -0.161. The fourth-order valence-corrected chi connectivity index (χ4v) is 4.89. The summed E-state index contributed by atoms with van der Waals surface area (Å²) in [5.41, 5.74) is 1.24. The fraction of sp³-hybridized carbons (Fsp3) is 0.471. The van der Waals surface area contributed by atoms with E-state index in [9.17, 15) is 24.3 Å². The van der Waals surface area contributed by atoms with Crippen molar-refractivity contribution >= 4 is 23.8 Å². The first-order valence-corrected chi connectivity index (χ1v) is 14.8. The Balaban J connectivity index is 1.75. The molecule has 0 aromatic heterocycles. The van der Waals surface area contributed by atoms with Gasteiger partial charge in [0.2, 0.25) is 11.8 Å². The van der Waals surface area contributed by atoms with Gasteiger partial charge in [0.1, 0.15) is 12.2 Å². The number of carbonyl (C=O) groups excluding carboxylic acids is 4. The second-order valence-corrected chi connectivity index (χ2v) is 12.0. The zero-order valence-electron chi connectivity index (χ0n) is 25.3. The molecule has 0 saturated heterocycles. The third-order valence-electron chi connectivity index (χ3n) is 6.99. The Hall–Kier alpha value is -3.98. The average molecular weight is 593 g/mol. The van der Waals surface area contributed by atoms with Crippen molar-refractivity contribution in [2.75, 3.05) is 13.2 Å². The van der Waals surface area contributed by atoms with Gasteiger partial charge < -0.3 is 25.2 Å². The highest BCUT2D eigenvalue weighted by Crippen LogP contribution is 2.20. The molecule has 0 spiro atoms. The molecule has 2 aromatic rings. The van der Waals surface area contributed by atoms with Gasteiger partial charge in [-0.05, 0) is 57.6 Å². The number of aliphatic hydroxyl groups excluding tert-OH is 1. The van der Waals surface area contributed by atoms with E-state index in [4.69, 9.17) is 9.47 Å². The Bertz CT molecular complexity index is 1220. The van der Waals surface area contributed by atoms with Gasteiger partial charge in [-0.15, -0.1) is 0 Å². The van der Waals surface area contributed by atoms with E-state index in [1.807, 2.05) is 60.7 Å².